The van der Waals surface area contributed by atoms with Gasteiger partial charge in [-0.1, -0.05) is 42.5 Å². The molecule has 2 aromatic carbocycles. The summed E-state index contributed by atoms with van der Waals surface area (Å²) in [5.74, 6) is 0.763. The summed E-state index contributed by atoms with van der Waals surface area (Å²) in [6.45, 7) is 0.877. The zero-order chi connectivity index (χ0) is 15.6. The Labute approximate surface area is 134 Å². The third-order valence-electron chi connectivity index (χ3n) is 2.96. The molecular formula is C17H19NO3S. The molecule has 0 aromatic heterocycles. The van der Waals surface area contributed by atoms with E-state index in [1.165, 1.54) is 0 Å². The molecule has 4 nitrogen and oxygen atoms in total. The zero-order valence-corrected chi connectivity index (χ0v) is 13.0. The molecule has 0 bridgehead atoms. The van der Waals surface area contributed by atoms with Crippen molar-refractivity contribution >= 4 is 17.9 Å². The highest BCUT2D eigenvalue weighted by Crippen LogP contribution is 2.17. The third-order valence-corrected chi connectivity index (χ3v) is 3.97. The second-order valence-corrected chi connectivity index (χ2v) is 5.81. The third kappa shape index (κ3) is 5.79. The molecule has 0 aliphatic rings. The van der Waals surface area contributed by atoms with Crippen LogP contribution in [0.4, 0.5) is 4.79 Å². The van der Waals surface area contributed by atoms with Crippen molar-refractivity contribution in [3.05, 3.63) is 65.7 Å². The van der Waals surface area contributed by atoms with Crippen LogP contribution < -0.4 is 5.32 Å². The minimum Gasteiger partial charge on any atom is -0.445 e. The van der Waals surface area contributed by atoms with Crippen molar-refractivity contribution in [1.29, 1.82) is 0 Å². The summed E-state index contributed by atoms with van der Waals surface area (Å²) in [6.07, 6.45) is -0.403. The van der Waals surface area contributed by atoms with Crippen LogP contribution in [0.5, 0.6) is 0 Å². The number of aliphatic hydroxyl groups excluding tert-OH is 1. The fourth-order valence-corrected chi connectivity index (χ4v) is 2.56. The van der Waals surface area contributed by atoms with Gasteiger partial charge in [0.25, 0.3) is 0 Å². The van der Waals surface area contributed by atoms with Crippen LogP contribution in [0.15, 0.2) is 59.5 Å². The molecule has 116 valence electrons. The first kappa shape index (κ1) is 16.4. The maximum absolute atomic E-state index is 11.5. The summed E-state index contributed by atoms with van der Waals surface area (Å²) in [7, 11) is 0. The average Bonchev–Trinajstić information content (AvgIpc) is 2.58. The number of carbonyl (C=O) groups excluding carboxylic acids is 1. The molecule has 0 saturated carbocycles. The standard InChI is InChI=1S/C17H19NO3S/c19-12-14-6-8-16(9-7-14)22-11-10-18-17(20)21-13-15-4-2-1-3-5-15/h1-9,19H,10-13H2,(H,18,20). The highest BCUT2D eigenvalue weighted by Gasteiger charge is 2.02. The number of nitrogens with one attached hydrogen (secondary N) is 1. The number of alkyl carbamates (subject to hydrolysis) is 1. The van der Waals surface area contributed by atoms with Gasteiger partial charge in [0.2, 0.25) is 0 Å². The van der Waals surface area contributed by atoms with Crippen molar-refractivity contribution in [2.45, 2.75) is 18.1 Å². The van der Waals surface area contributed by atoms with Crippen LogP contribution >= 0.6 is 11.8 Å². The number of thioether (sulfide) groups is 1. The largest absolute Gasteiger partial charge is 0.445 e. The molecule has 0 unspecified atom stereocenters. The Hall–Kier alpha value is -1.98. The van der Waals surface area contributed by atoms with Crippen molar-refractivity contribution in [2.75, 3.05) is 12.3 Å². The molecule has 0 aliphatic heterocycles. The molecule has 2 N–H and O–H groups in total. The number of aliphatic hydroxyl groups is 1. The lowest BCUT2D eigenvalue weighted by Crippen LogP contribution is -2.26. The van der Waals surface area contributed by atoms with E-state index in [4.69, 9.17) is 9.84 Å². The zero-order valence-electron chi connectivity index (χ0n) is 12.2. The SMILES string of the molecule is O=C(NCCSc1ccc(CO)cc1)OCc1ccccc1. The van der Waals surface area contributed by atoms with Crippen LogP contribution in [0.25, 0.3) is 0 Å². The van der Waals surface area contributed by atoms with E-state index in [0.29, 0.717) is 6.54 Å². The number of hydrogen-bond acceptors (Lipinski definition) is 4. The number of benzene rings is 2. The second kappa shape index (κ2) is 9.12. The van der Waals surface area contributed by atoms with E-state index in [2.05, 4.69) is 5.32 Å². The molecule has 0 heterocycles. The van der Waals surface area contributed by atoms with Gasteiger partial charge in [-0.3, -0.25) is 0 Å². The Morgan fingerprint density at radius 2 is 1.77 bits per heavy atom. The van der Waals surface area contributed by atoms with E-state index >= 15 is 0 Å². The predicted molar refractivity (Wildman–Crippen MR) is 87.7 cm³/mol. The van der Waals surface area contributed by atoms with Gasteiger partial charge in [-0.15, -0.1) is 11.8 Å². The predicted octanol–water partition coefficient (Wildman–Crippen LogP) is 3.20. The molecule has 0 fully saturated rings. The number of rotatable bonds is 7. The molecule has 0 saturated heterocycles. The molecule has 0 spiro atoms. The van der Waals surface area contributed by atoms with E-state index in [-0.39, 0.29) is 13.2 Å². The minimum atomic E-state index is -0.403. The first-order chi connectivity index (χ1) is 10.8. The van der Waals surface area contributed by atoms with Gasteiger partial charge in [0, 0.05) is 17.2 Å². The van der Waals surface area contributed by atoms with Crippen molar-refractivity contribution < 1.29 is 14.6 Å². The molecule has 0 aliphatic carbocycles. The first-order valence-electron chi connectivity index (χ1n) is 7.05. The number of amides is 1. The lowest BCUT2D eigenvalue weighted by atomic mass is 10.2. The maximum Gasteiger partial charge on any atom is 0.407 e. The van der Waals surface area contributed by atoms with Gasteiger partial charge < -0.3 is 15.2 Å². The van der Waals surface area contributed by atoms with Crippen LogP contribution in [0.2, 0.25) is 0 Å². The van der Waals surface area contributed by atoms with Gasteiger partial charge in [-0.05, 0) is 23.3 Å². The fourth-order valence-electron chi connectivity index (χ4n) is 1.79. The van der Waals surface area contributed by atoms with E-state index < -0.39 is 6.09 Å². The van der Waals surface area contributed by atoms with Crippen LogP contribution in [0.1, 0.15) is 11.1 Å². The molecule has 0 atom stereocenters. The van der Waals surface area contributed by atoms with Gasteiger partial charge in [-0.25, -0.2) is 4.79 Å². The van der Waals surface area contributed by atoms with E-state index in [0.717, 1.165) is 21.8 Å². The number of ether oxygens (including phenoxy) is 1. The fraction of sp³-hybridized carbons (Fsp3) is 0.235. The summed E-state index contributed by atoms with van der Waals surface area (Å²) >= 11 is 1.64. The summed E-state index contributed by atoms with van der Waals surface area (Å²) in [5.41, 5.74) is 1.86. The summed E-state index contributed by atoms with van der Waals surface area (Å²) < 4.78 is 5.12. The van der Waals surface area contributed by atoms with Crippen LogP contribution in [0, 0.1) is 0 Å². The van der Waals surface area contributed by atoms with Gasteiger partial charge in [0.05, 0.1) is 6.61 Å². The van der Waals surface area contributed by atoms with Crippen molar-refractivity contribution in [3.8, 4) is 0 Å². The van der Waals surface area contributed by atoms with Gasteiger partial charge in [-0.2, -0.15) is 0 Å². The van der Waals surface area contributed by atoms with E-state index in [1.807, 2.05) is 54.6 Å². The topological polar surface area (TPSA) is 58.6 Å². The monoisotopic (exact) mass is 317 g/mol. The molecular weight excluding hydrogens is 298 g/mol. The Morgan fingerprint density at radius 1 is 1.05 bits per heavy atom. The Morgan fingerprint density at radius 3 is 2.45 bits per heavy atom. The highest BCUT2D eigenvalue weighted by molar-refractivity contribution is 7.99. The smallest absolute Gasteiger partial charge is 0.407 e. The van der Waals surface area contributed by atoms with Crippen LogP contribution in [0.3, 0.4) is 0 Å². The summed E-state index contributed by atoms with van der Waals surface area (Å²) in [5, 5.41) is 11.7. The summed E-state index contributed by atoms with van der Waals surface area (Å²) in [4.78, 5) is 12.6. The maximum atomic E-state index is 11.5. The van der Waals surface area contributed by atoms with Crippen molar-refractivity contribution in [1.82, 2.24) is 5.32 Å². The summed E-state index contributed by atoms with van der Waals surface area (Å²) in [6, 6.07) is 17.3. The number of carbonyl (C=O) groups is 1. The molecule has 2 rings (SSSR count). The molecule has 5 heteroatoms. The van der Waals surface area contributed by atoms with Crippen LogP contribution in [-0.4, -0.2) is 23.5 Å². The Balaban J connectivity index is 1.60. The van der Waals surface area contributed by atoms with Gasteiger partial charge in [0.15, 0.2) is 0 Å². The van der Waals surface area contributed by atoms with E-state index in [9.17, 15) is 4.79 Å². The molecule has 22 heavy (non-hydrogen) atoms. The lowest BCUT2D eigenvalue weighted by Gasteiger charge is -2.07. The van der Waals surface area contributed by atoms with Crippen molar-refractivity contribution in [3.63, 3.8) is 0 Å². The van der Waals surface area contributed by atoms with Crippen molar-refractivity contribution in [2.24, 2.45) is 0 Å². The normalized spacial score (nSPS) is 10.2. The minimum absolute atomic E-state index is 0.0553. The Kier molecular flexibility index (Phi) is 6.80. The molecule has 1 amide bonds. The quantitative estimate of drug-likeness (QED) is 0.608. The van der Waals surface area contributed by atoms with Gasteiger partial charge in [0.1, 0.15) is 6.61 Å². The molecule has 0 radical (unpaired) electrons. The Bertz CT molecular complexity index is 572. The first-order valence-corrected chi connectivity index (χ1v) is 8.03. The lowest BCUT2D eigenvalue weighted by molar-refractivity contribution is 0.140. The number of hydrogen-bond donors (Lipinski definition) is 2. The van der Waals surface area contributed by atoms with E-state index in [1.54, 1.807) is 11.8 Å². The second-order valence-electron chi connectivity index (χ2n) is 4.64. The van der Waals surface area contributed by atoms with Gasteiger partial charge >= 0.3 is 6.09 Å². The van der Waals surface area contributed by atoms with Crippen LogP contribution in [-0.2, 0) is 18.0 Å². The molecule has 2 aromatic rings. The average molecular weight is 317 g/mol. The highest BCUT2D eigenvalue weighted by atomic mass is 32.2.